The van der Waals surface area contributed by atoms with Crippen molar-refractivity contribution in [2.45, 2.75) is 37.9 Å². The van der Waals surface area contributed by atoms with Gasteiger partial charge in [0.05, 0.1) is 29.2 Å². The number of aryl methyl sites for hydroxylation is 1. The molecule has 1 saturated carbocycles. The van der Waals surface area contributed by atoms with Gasteiger partial charge in [-0.15, -0.1) is 5.10 Å². The number of aromatic nitrogens is 6. The van der Waals surface area contributed by atoms with Gasteiger partial charge < -0.3 is 4.57 Å². The van der Waals surface area contributed by atoms with Crippen LogP contribution in [0.3, 0.4) is 0 Å². The summed E-state index contributed by atoms with van der Waals surface area (Å²) in [5, 5.41) is 15.5. The number of nitrogens with one attached hydrogen (secondary N) is 1. The quantitative estimate of drug-likeness (QED) is 0.183. The van der Waals surface area contributed by atoms with E-state index >= 15 is 4.39 Å². The summed E-state index contributed by atoms with van der Waals surface area (Å²) in [6.45, 7) is 1.93. The first-order valence-corrected chi connectivity index (χ1v) is 13.9. The lowest BCUT2D eigenvalue weighted by Gasteiger charge is -2.20. The molecule has 8 nitrogen and oxygen atoms in total. The van der Waals surface area contributed by atoms with E-state index in [9.17, 15) is 18.0 Å². The van der Waals surface area contributed by atoms with Gasteiger partial charge in [0.25, 0.3) is 5.56 Å². The first-order valence-electron chi connectivity index (χ1n) is 13.5. The summed E-state index contributed by atoms with van der Waals surface area (Å²) in [6, 6.07) is 13.1. The molecule has 2 aliphatic heterocycles. The van der Waals surface area contributed by atoms with Crippen LogP contribution in [0.5, 0.6) is 0 Å². The van der Waals surface area contributed by atoms with Crippen molar-refractivity contribution in [1.29, 1.82) is 0 Å². The molecule has 0 spiro atoms. The normalized spacial score (nSPS) is 21.0. The SMILES string of the molecule is Cc1[nH]nc2cc(C3=NC(F)=C(C4C5CC5c5cc(-c6cc(Cl)ccc6-n6cc(C(F)(F)F)nn6)cc(=O)n54)C3)ccc12. The first kappa shape index (κ1) is 26.1. The Hall–Kier alpha value is -4.58. The summed E-state index contributed by atoms with van der Waals surface area (Å²) in [7, 11) is 0. The maximum Gasteiger partial charge on any atom is 0.436 e. The smallest absolute Gasteiger partial charge is 0.305 e. The van der Waals surface area contributed by atoms with E-state index in [0.717, 1.165) is 45.2 Å². The van der Waals surface area contributed by atoms with Crippen LogP contribution in [0.25, 0.3) is 27.7 Å². The van der Waals surface area contributed by atoms with Crippen LogP contribution in [0.2, 0.25) is 5.02 Å². The Bertz CT molecular complexity index is 2120. The second-order valence-electron chi connectivity index (χ2n) is 11.2. The van der Waals surface area contributed by atoms with Crippen molar-refractivity contribution < 1.29 is 17.6 Å². The third kappa shape index (κ3) is 4.07. The molecule has 3 unspecified atom stereocenters. The van der Waals surface area contributed by atoms with Crippen LogP contribution < -0.4 is 5.56 Å². The number of aromatic amines is 1. The summed E-state index contributed by atoms with van der Waals surface area (Å²) >= 11 is 6.27. The molecular weight excluding hydrogens is 586 g/mol. The van der Waals surface area contributed by atoms with E-state index in [0.29, 0.717) is 27.4 Å². The highest BCUT2D eigenvalue weighted by atomic mass is 35.5. The van der Waals surface area contributed by atoms with E-state index in [1.165, 1.54) is 18.2 Å². The third-order valence-electron chi connectivity index (χ3n) is 8.59. The Kier molecular flexibility index (Phi) is 5.44. The number of rotatable bonds is 4. The van der Waals surface area contributed by atoms with Crippen LogP contribution in [0.4, 0.5) is 17.6 Å². The number of allylic oxidation sites excluding steroid dienone is 1. The average Bonchev–Trinajstić information content (AvgIpc) is 3.30. The summed E-state index contributed by atoms with van der Waals surface area (Å²) in [4.78, 5) is 17.9. The second-order valence-corrected chi connectivity index (χ2v) is 11.6. The van der Waals surface area contributed by atoms with Crippen molar-refractivity contribution in [1.82, 2.24) is 29.8 Å². The Morgan fingerprint density at radius 3 is 2.70 bits per heavy atom. The van der Waals surface area contributed by atoms with Gasteiger partial charge in [0.15, 0.2) is 5.69 Å². The number of fused-ring (bicyclic) bond motifs is 4. The molecule has 1 aliphatic carbocycles. The highest BCUT2D eigenvalue weighted by Gasteiger charge is 2.55. The molecule has 0 amide bonds. The lowest BCUT2D eigenvalue weighted by atomic mass is 9.96. The van der Waals surface area contributed by atoms with Crippen molar-refractivity contribution >= 4 is 28.2 Å². The molecule has 0 bridgehead atoms. The molecule has 1 N–H and O–H groups in total. The zero-order chi connectivity index (χ0) is 29.8. The molecule has 0 radical (unpaired) electrons. The van der Waals surface area contributed by atoms with E-state index in [4.69, 9.17) is 11.6 Å². The van der Waals surface area contributed by atoms with Crippen molar-refractivity contribution in [2.24, 2.45) is 10.9 Å². The number of halogens is 5. The maximum atomic E-state index is 15.5. The molecule has 13 heteroatoms. The fourth-order valence-corrected chi connectivity index (χ4v) is 6.67. The molecule has 5 aromatic rings. The van der Waals surface area contributed by atoms with Gasteiger partial charge in [-0.05, 0) is 60.7 Å². The summed E-state index contributed by atoms with van der Waals surface area (Å²) in [6.07, 6.45) is -2.81. The van der Waals surface area contributed by atoms with Crippen molar-refractivity contribution in [3.8, 4) is 16.8 Å². The predicted octanol–water partition coefficient (Wildman–Crippen LogP) is 6.69. The van der Waals surface area contributed by atoms with Gasteiger partial charge in [-0.2, -0.15) is 22.7 Å². The zero-order valence-electron chi connectivity index (χ0n) is 22.3. The highest BCUT2D eigenvalue weighted by Crippen LogP contribution is 2.62. The molecule has 3 atom stereocenters. The Morgan fingerprint density at radius 2 is 1.91 bits per heavy atom. The number of pyridine rings is 1. The van der Waals surface area contributed by atoms with Gasteiger partial charge in [0.2, 0.25) is 5.95 Å². The predicted molar refractivity (Wildman–Crippen MR) is 151 cm³/mol. The van der Waals surface area contributed by atoms with Crippen molar-refractivity contribution in [3.63, 3.8) is 0 Å². The molecule has 3 aliphatic rings. The Morgan fingerprint density at radius 1 is 1.07 bits per heavy atom. The van der Waals surface area contributed by atoms with E-state index < -0.39 is 23.9 Å². The van der Waals surface area contributed by atoms with Crippen LogP contribution in [-0.2, 0) is 6.18 Å². The van der Waals surface area contributed by atoms with Gasteiger partial charge in [-0.1, -0.05) is 28.9 Å². The maximum absolute atomic E-state index is 15.5. The number of benzene rings is 2. The second kappa shape index (κ2) is 8.96. The minimum Gasteiger partial charge on any atom is -0.305 e. The monoisotopic (exact) mass is 605 g/mol. The fourth-order valence-electron chi connectivity index (χ4n) is 6.50. The minimum absolute atomic E-state index is 0.0521. The molecule has 216 valence electrons. The molecule has 5 heterocycles. The lowest BCUT2D eigenvalue weighted by molar-refractivity contribution is -0.141. The number of hydrogen-bond acceptors (Lipinski definition) is 5. The van der Waals surface area contributed by atoms with Crippen LogP contribution in [-0.4, -0.2) is 35.5 Å². The summed E-state index contributed by atoms with van der Waals surface area (Å²) < 4.78 is 57.7. The first-order chi connectivity index (χ1) is 20.6. The molecule has 3 aromatic heterocycles. The summed E-state index contributed by atoms with van der Waals surface area (Å²) in [5.41, 5.74) is 3.99. The standard InChI is InChI=1S/C30H20ClF4N7O/c1-13-17-4-2-14(6-23(17)38-37-13)22-11-21(29(32)36-22)28-20-10-19(20)25-7-15(8-27(43)42(25)28)18-9-16(31)3-5-24(18)41-12-26(39-40-41)30(33,34)35/h2-9,12,19-20,28H,10-11H2,1H3,(H,37,38). The molecular formula is C30H20ClF4N7O. The van der Waals surface area contributed by atoms with Gasteiger partial charge in [-0.25, -0.2) is 9.67 Å². The Balaban J connectivity index is 1.15. The molecule has 43 heavy (non-hydrogen) atoms. The van der Waals surface area contributed by atoms with Crippen LogP contribution in [0, 0.1) is 12.8 Å². The number of H-pyrrole nitrogens is 1. The molecule has 8 rings (SSSR count). The van der Waals surface area contributed by atoms with Gasteiger partial charge >= 0.3 is 6.18 Å². The molecule has 2 aromatic carbocycles. The number of alkyl halides is 3. The van der Waals surface area contributed by atoms with Crippen LogP contribution in [0.1, 0.15) is 47.4 Å². The third-order valence-corrected chi connectivity index (χ3v) is 8.83. The largest absolute Gasteiger partial charge is 0.436 e. The van der Waals surface area contributed by atoms with Gasteiger partial charge in [-0.3, -0.25) is 9.89 Å². The van der Waals surface area contributed by atoms with E-state index in [1.54, 1.807) is 10.6 Å². The highest BCUT2D eigenvalue weighted by molar-refractivity contribution is 6.31. The number of nitrogens with zero attached hydrogens (tertiary/aromatic N) is 6. The van der Waals surface area contributed by atoms with E-state index in [-0.39, 0.29) is 29.5 Å². The lowest BCUT2D eigenvalue weighted by Crippen LogP contribution is -2.26. The number of hydrogen-bond donors (Lipinski definition) is 1. The average molecular weight is 606 g/mol. The van der Waals surface area contributed by atoms with Crippen LogP contribution in [0.15, 0.2) is 76.0 Å². The van der Waals surface area contributed by atoms with Gasteiger partial charge in [0.1, 0.15) is 0 Å². The fraction of sp³-hybridized carbons (Fsp3) is 0.233. The van der Waals surface area contributed by atoms with Crippen LogP contribution >= 0.6 is 11.6 Å². The van der Waals surface area contributed by atoms with Crippen molar-refractivity contribution in [2.75, 3.05) is 0 Å². The summed E-state index contributed by atoms with van der Waals surface area (Å²) in [5.74, 6) is -0.467. The Labute approximate surface area is 245 Å². The van der Waals surface area contributed by atoms with E-state index in [2.05, 4.69) is 25.5 Å². The zero-order valence-corrected chi connectivity index (χ0v) is 23.1. The molecule has 1 fully saturated rings. The van der Waals surface area contributed by atoms with E-state index in [1.807, 2.05) is 31.2 Å². The minimum atomic E-state index is -4.66. The van der Waals surface area contributed by atoms with Crippen molar-refractivity contribution in [3.05, 3.63) is 104 Å². The molecule has 0 saturated heterocycles. The topological polar surface area (TPSA) is 93.8 Å². The van der Waals surface area contributed by atoms with Gasteiger partial charge in [0, 0.05) is 51.3 Å². The number of aliphatic imine (C=N–C) groups is 1.